The minimum absolute atomic E-state index is 0.0439. The lowest BCUT2D eigenvalue weighted by atomic mass is 10.1. The number of ether oxygens (including phenoxy) is 1. The van der Waals surface area contributed by atoms with Crippen LogP contribution in [0.25, 0.3) is 0 Å². The van der Waals surface area contributed by atoms with E-state index in [2.05, 4.69) is 21.6 Å². The summed E-state index contributed by atoms with van der Waals surface area (Å²) in [5.74, 6) is 0.205. The molecule has 2 aromatic rings. The monoisotopic (exact) mass is 431 g/mol. The molecule has 1 aromatic heterocycles. The predicted octanol–water partition coefficient (Wildman–Crippen LogP) is 3.78. The van der Waals surface area contributed by atoms with Gasteiger partial charge in [0.15, 0.2) is 4.34 Å². The number of carbonyl (C=O) groups is 1. The van der Waals surface area contributed by atoms with E-state index in [1.807, 2.05) is 32.0 Å². The molecule has 0 saturated carbocycles. The van der Waals surface area contributed by atoms with Crippen LogP contribution in [-0.4, -0.2) is 47.7 Å². The zero-order chi connectivity index (χ0) is 20.6. The smallest absolute Gasteiger partial charge is 0.237 e. The molecule has 0 aliphatic carbocycles. The van der Waals surface area contributed by atoms with Crippen LogP contribution in [0.2, 0.25) is 0 Å². The van der Waals surface area contributed by atoms with Gasteiger partial charge in [-0.05, 0) is 49.9 Å². The molecule has 2 heterocycles. The van der Waals surface area contributed by atoms with Crippen LogP contribution in [-0.2, 0) is 9.53 Å². The number of carbonyl (C=O) groups excluding carboxylic acids is 1. The van der Waals surface area contributed by atoms with Crippen molar-refractivity contribution in [3.8, 4) is 6.07 Å². The summed E-state index contributed by atoms with van der Waals surface area (Å²) >= 11 is 2.81. The number of thioether (sulfide) groups is 1. The van der Waals surface area contributed by atoms with Gasteiger partial charge >= 0.3 is 0 Å². The Bertz CT molecular complexity index is 874. The molecular weight excluding hydrogens is 406 g/mol. The number of nitrogens with one attached hydrogen (secondary N) is 1. The largest absolute Gasteiger partial charge is 0.376 e. The molecule has 1 fully saturated rings. The number of benzene rings is 1. The van der Waals surface area contributed by atoms with Crippen molar-refractivity contribution in [2.75, 3.05) is 35.7 Å². The van der Waals surface area contributed by atoms with Crippen LogP contribution in [0.5, 0.6) is 0 Å². The summed E-state index contributed by atoms with van der Waals surface area (Å²) in [7, 11) is 0. The lowest BCUT2D eigenvalue weighted by molar-refractivity contribution is -0.116. The highest BCUT2D eigenvalue weighted by Crippen LogP contribution is 2.27. The molecule has 7 nitrogen and oxygen atoms in total. The van der Waals surface area contributed by atoms with Gasteiger partial charge in [0.1, 0.15) is 0 Å². The van der Waals surface area contributed by atoms with Crippen molar-refractivity contribution >= 4 is 39.8 Å². The molecule has 3 rings (SSSR count). The molecule has 0 spiro atoms. The fourth-order valence-corrected chi connectivity index (χ4v) is 4.64. The number of hydrogen-bond donors (Lipinski definition) is 1. The van der Waals surface area contributed by atoms with Gasteiger partial charge in [-0.2, -0.15) is 5.26 Å². The van der Waals surface area contributed by atoms with Crippen molar-refractivity contribution in [1.82, 2.24) is 10.2 Å². The van der Waals surface area contributed by atoms with Crippen LogP contribution in [0.3, 0.4) is 0 Å². The standard InChI is InChI=1S/C20H25N5O2S2/c1-14-6-7-16(11-15(14)2)25(9-4-8-21)18(26)13-28-20-24-23-19(29-20)22-12-17-5-3-10-27-17/h6-7,11,17H,3-5,9-10,12-13H2,1-2H3,(H,22,23). The summed E-state index contributed by atoms with van der Waals surface area (Å²) in [6.45, 7) is 5.99. The number of nitriles is 1. The molecule has 154 valence electrons. The Kier molecular flexibility index (Phi) is 7.86. The van der Waals surface area contributed by atoms with E-state index in [0.29, 0.717) is 13.0 Å². The Morgan fingerprint density at radius 1 is 1.41 bits per heavy atom. The second-order valence-electron chi connectivity index (χ2n) is 6.90. The highest BCUT2D eigenvalue weighted by atomic mass is 32.2. The van der Waals surface area contributed by atoms with Crippen LogP contribution >= 0.6 is 23.1 Å². The maximum Gasteiger partial charge on any atom is 0.237 e. The van der Waals surface area contributed by atoms with Crippen molar-refractivity contribution < 1.29 is 9.53 Å². The van der Waals surface area contributed by atoms with Gasteiger partial charge in [0.2, 0.25) is 11.0 Å². The van der Waals surface area contributed by atoms with Crippen LogP contribution in [0.1, 0.15) is 30.4 Å². The number of anilines is 2. The average molecular weight is 432 g/mol. The summed E-state index contributed by atoms with van der Waals surface area (Å²) in [5.41, 5.74) is 3.12. The van der Waals surface area contributed by atoms with Crippen LogP contribution < -0.4 is 10.2 Å². The highest BCUT2D eigenvalue weighted by molar-refractivity contribution is 8.01. The fraction of sp³-hybridized carbons (Fsp3) is 0.500. The van der Waals surface area contributed by atoms with Gasteiger partial charge in [0.25, 0.3) is 0 Å². The molecule has 0 bridgehead atoms. The summed E-state index contributed by atoms with van der Waals surface area (Å²) in [6, 6.07) is 8.05. The zero-order valence-electron chi connectivity index (χ0n) is 16.7. The molecule has 1 atom stereocenters. The predicted molar refractivity (Wildman–Crippen MR) is 117 cm³/mol. The van der Waals surface area contributed by atoms with Crippen LogP contribution in [0, 0.1) is 25.2 Å². The Hall–Kier alpha value is -2.15. The SMILES string of the molecule is Cc1ccc(N(CCC#N)C(=O)CSc2nnc(NCC3CCCO3)s2)cc1C. The van der Waals surface area contributed by atoms with Gasteiger partial charge in [-0.15, -0.1) is 10.2 Å². The topological polar surface area (TPSA) is 91.1 Å². The quantitative estimate of drug-likeness (QED) is 0.604. The molecule has 29 heavy (non-hydrogen) atoms. The zero-order valence-corrected chi connectivity index (χ0v) is 18.3. The molecule has 1 aliphatic rings. The molecule has 1 aliphatic heterocycles. The van der Waals surface area contributed by atoms with E-state index in [1.54, 1.807) is 4.90 Å². The van der Waals surface area contributed by atoms with E-state index < -0.39 is 0 Å². The molecule has 9 heteroatoms. The Labute approximate surface area is 179 Å². The van der Waals surface area contributed by atoms with Crippen molar-refractivity contribution in [2.24, 2.45) is 0 Å². The molecule has 1 saturated heterocycles. The first-order valence-electron chi connectivity index (χ1n) is 9.63. The number of aromatic nitrogens is 2. The van der Waals surface area contributed by atoms with Crippen LogP contribution in [0.4, 0.5) is 10.8 Å². The van der Waals surface area contributed by atoms with E-state index in [9.17, 15) is 4.79 Å². The summed E-state index contributed by atoms with van der Waals surface area (Å²) in [5, 5.41) is 21.3. The third-order valence-electron chi connectivity index (χ3n) is 4.78. The summed E-state index contributed by atoms with van der Waals surface area (Å²) < 4.78 is 6.34. The molecule has 0 radical (unpaired) electrons. The Morgan fingerprint density at radius 3 is 3.00 bits per heavy atom. The van der Waals surface area contributed by atoms with Gasteiger partial charge in [-0.3, -0.25) is 4.79 Å². The number of rotatable bonds is 9. The summed E-state index contributed by atoms with van der Waals surface area (Å²) in [6.07, 6.45) is 2.70. The number of nitrogens with zero attached hydrogens (tertiary/aromatic N) is 4. The maximum atomic E-state index is 12.8. The lowest BCUT2D eigenvalue weighted by Crippen LogP contribution is -2.33. The fourth-order valence-electron chi connectivity index (χ4n) is 3.00. The van der Waals surface area contributed by atoms with Crippen LogP contribution in [0.15, 0.2) is 22.5 Å². The summed E-state index contributed by atoms with van der Waals surface area (Å²) in [4.78, 5) is 14.5. The number of aryl methyl sites for hydroxylation is 2. The number of hydrogen-bond acceptors (Lipinski definition) is 8. The molecule has 1 unspecified atom stereocenters. The van der Waals surface area contributed by atoms with Crippen molar-refractivity contribution in [3.63, 3.8) is 0 Å². The van der Waals surface area contributed by atoms with E-state index in [-0.39, 0.29) is 17.8 Å². The third kappa shape index (κ3) is 6.16. The van der Waals surface area contributed by atoms with Gasteiger partial charge < -0.3 is 15.0 Å². The molecule has 1 aromatic carbocycles. The number of amides is 1. The van der Waals surface area contributed by atoms with Crippen molar-refractivity contribution in [3.05, 3.63) is 29.3 Å². The van der Waals surface area contributed by atoms with Crippen molar-refractivity contribution in [2.45, 2.75) is 43.6 Å². The maximum absolute atomic E-state index is 12.8. The first-order valence-corrected chi connectivity index (χ1v) is 11.4. The second-order valence-corrected chi connectivity index (χ2v) is 9.10. The minimum atomic E-state index is -0.0439. The first kappa shape index (κ1) is 21.6. The van der Waals surface area contributed by atoms with E-state index >= 15 is 0 Å². The molecule has 1 N–H and O–H groups in total. The van der Waals surface area contributed by atoms with Crippen molar-refractivity contribution in [1.29, 1.82) is 5.26 Å². The lowest BCUT2D eigenvalue weighted by Gasteiger charge is -2.22. The Morgan fingerprint density at radius 2 is 2.28 bits per heavy atom. The van der Waals surface area contributed by atoms with E-state index in [1.165, 1.54) is 28.7 Å². The highest BCUT2D eigenvalue weighted by Gasteiger charge is 2.19. The van der Waals surface area contributed by atoms with E-state index in [4.69, 9.17) is 10.00 Å². The normalized spacial score (nSPS) is 15.8. The molecular formula is C20H25N5O2S2. The minimum Gasteiger partial charge on any atom is -0.376 e. The van der Waals surface area contributed by atoms with Gasteiger partial charge in [-0.1, -0.05) is 29.2 Å². The third-order valence-corrected chi connectivity index (χ3v) is 6.78. The van der Waals surface area contributed by atoms with E-state index in [0.717, 1.165) is 46.7 Å². The van der Waals surface area contributed by atoms with Gasteiger partial charge in [0.05, 0.1) is 24.3 Å². The molecule has 1 amide bonds. The van der Waals surface area contributed by atoms with Gasteiger partial charge in [0, 0.05) is 25.4 Å². The average Bonchev–Trinajstić information content (AvgIpc) is 3.39. The second kappa shape index (κ2) is 10.6. The van der Waals surface area contributed by atoms with Gasteiger partial charge in [-0.25, -0.2) is 0 Å². The Balaban J connectivity index is 1.56. The first-order chi connectivity index (χ1) is 14.1.